The number of nitro benzene ring substituents is 1. The molecule has 0 spiro atoms. The van der Waals surface area contributed by atoms with Crippen LogP contribution in [0.3, 0.4) is 0 Å². The van der Waals surface area contributed by atoms with Crippen molar-refractivity contribution in [2.45, 2.75) is 18.9 Å². The minimum atomic E-state index is -2.65. The Bertz CT molecular complexity index is 782. The molecule has 0 saturated carbocycles. The summed E-state index contributed by atoms with van der Waals surface area (Å²) in [6, 6.07) is 11.8. The van der Waals surface area contributed by atoms with Gasteiger partial charge in [0.15, 0.2) is 0 Å². The molecule has 0 bridgehead atoms. The topological polar surface area (TPSA) is 72.7 Å². The molecule has 7 heteroatoms. The van der Waals surface area contributed by atoms with Gasteiger partial charge in [0.05, 0.1) is 16.7 Å². The molecule has 2 unspecified atom stereocenters. The molecule has 0 amide bonds. The van der Waals surface area contributed by atoms with E-state index in [0.29, 0.717) is 11.3 Å². The highest BCUT2D eigenvalue weighted by atomic mass is 19.2. The fraction of sp³-hybridized carbons (Fsp3) is 0.188. The molecule has 6 nitrogen and oxygen atoms in total. The third kappa shape index (κ3) is 2.40. The maximum absolute atomic E-state index is 14.9. The molecule has 0 radical (unpaired) electrons. The van der Waals surface area contributed by atoms with Crippen LogP contribution in [0.5, 0.6) is 5.75 Å². The average Bonchev–Trinajstić information content (AvgIpc) is 2.87. The van der Waals surface area contributed by atoms with Crippen molar-refractivity contribution in [3.8, 4) is 5.75 Å². The third-order valence-electron chi connectivity index (χ3n) is 3.80. The third-order valence-corrected chi connectivity index (χ3v) is 3.80. The van der Waals surface area contributed by atoms with Crippen LogP contribution in [0.15, 0.2) is 48.5 Å². The van der Waals surface area contributed by atoms with Crippen LogP contribution < -0.4 is 9.64 Å². The smallest absolute Gasteiger partial charge is 0.391 e. The maximum atomic E-state index is 14.9. The summed E-state index contributed by atoms with van der Waals surface area (Å²) in [4.78, 5) is 22.8. The van der Waals surface area contributed by atoms with Gasteiger partial charge in [-0.15, -0.1) is 0 Å². The molecule has 0 fully saturated rings. The maximum Gasteiger partial charge on any atom is 0.391 e. The molecule has 1 aliphatic rings. The van der Waals surface area contributed by atoms with Gasteiger partial charge < -0.3 is 4.74 Å². The number of rotatable bonds is 4. The first kappa shape index (κ1) is 15.0. The van der Waals surface area contributed by atoms with Crippen LogP contribution >= 0.6 is 0 Å². The molecule has 1 aliphatic heterocycles. The molecule has 2 aromatic rings. The Balaban J connectivity index is 2.06. The number of hydrogen-bond acceptors (Lipinski definition) is 5. The van der Waals surface area contributed by atoms with Gasteiger partial charge in [-0.3, -0.25) is 19.8 Å². The number of anilines is 1. The van der Waals surface area contributed by atoms with E-state index in [1.807, 2.05) is 0 Å². The number of benzene rings is 2. The Morgan fingerprint density at radius 3 is 2.74 bits per heavy atom. The van der Waals surface area contributed by atoms with Gasteiger partial charge in [-0.05, 0) is 24.6 Å². The number of halogens is 1. The highest BCUT2D eigenvalue weighted by Gasteiger charge is 2.49. The Kier molecular flexibility index (Phi) is 3.48. The minimum Gasteiger partial charge on any atom is -0.433 e. The van der Waals surface area contributed by atoms with Crippen LogP contribution in [-0.4, -0.2) is 17.2 Å². The number of hydrogen-bond donors (Lipinski definition) is 0. The molecule has 3 rings (SSSR count). The summed E-state index contributed by atoms with van der Waals surface area (Å²) in [5.41, 5.74) is 0.822. The van der Waals surface area contributed by atoms with Crippen molar-refractivity contribution < 1.29 is 18.8 Å². The van der Waals surface area contributed by atoms with Crippen LogP contribution in [0.1, 0.15) is 18.5 Å². The molecule has 0 aliphatic carbocycles. The summed E-state index contributed by atoms with van der Waals surface area (Å²) in [7, 11) is 0. The highest BCUT2D eigenvalue weighted by molar-refractivity contribution is 5.76. The molecule has 23 heavy (non-hydrogen) atoms. The Morgan fingerprint density at radius 1 is 1.30 bits per heavy atom. The van der Waals surface area contributed by atoms with E-state index in [-0.39, 0.29) is 17.7 Å². The van der Waals surface area contributed by atoms with E-state index < -0.39 is 16.9 Å². The number of aldehydes is 1. The summed E-state index contributed by atoms with van der Waals surface area (Å²) in [5, 5.41) is 10.9. The van der Waals surface area contributed by atoms with Crippen molar-refractivity contribution in [3.05, 3.63) is 64.2 Å². The number of fused-ring (bicyclic) bond motifs is 1. The van der Waals surface area contributed by atoms with Crippen molar-refractivity contribution in [2.24, 2.45) is 0 Å². The summed E-state index contributed by atoms with van der Waals surface area (Å²) in [6.45, 7) is 1.66. The van der Waals surface area contributed by atoms with Gasteiger partial charge in [-0.25, -0.2) is 0 Å². The summed E-state index contributed by atoms with van der Waals surface area (Å²) >= 11 is 0. The SMILES string of the molecule is CC(c1cccc([N+](=O)[O-])c1)N1c2ccccc2OC1(F)C=O. The number of ether oxygens (including phenoxy) is 1. The van der Waals surface area contributed by atoms with Crippen molar-refractivity contribution in [1.29, 1.82) is 0 Å². The van der Waals surface area contributed by atoms with Crippen molar-refractivity contribution in [2.75, 3.05) is 4.90 Å². The predicted octanol–water partition coefficient (Wildman–Crippen LogP) is 3.38. The van der Waals surface area contributed by atoms with Crippen LogP contribution in [0, 0.1) is 10.1 Å². The number of alkyl halides is 1. The zero-order chi connectivity index (χ0) is 16.6. The van der Waals surface area contributed by atoms with Gasteiger partial charge >= 0.3 is 5.98 Å². The Hall–Kier alpha value is -2.96. The fourth-order valence-electron chi connectivity index (χ4n) is 2.71. The number of nitrogens with zero attached hydrogens (tertiary/aromatic N) is 2. The number of carbonyl (C=O) groups excluding carboxylic acids is 1. The van der Waals surface area contributed by atoms with E-state index >= 15 is 0 Å². The van der Waals surface area contributed by atoms with Crippen molar-refractivity contribution in [1.82, 2.24) is 0 Å². The van der Waals surface area contributed by atoms with Gasteiger partial charge in [0.2, 0.25) is 6.29 Å². The lowest BCUT2D eigenvalue weighted by atomic mass is 10.0. The van der Waals surface area contributed by atoms with Crippen LogP contribution in [0.4, 0.5) is 15.8 Å². The highest BCUT2D eigenvalue weighted by Crippen LogP contribution is 2.46. The van der Waals surface area contributed by atoms with Gasteiger partial charge in [-0.1, -0.05) is 24.3 Å². The van der Waals surface area contributed by atoms with E-state index in [1.54, 1.807) is 37.3 Å². The molecular formula is C16H13FN2O4. The second-order valence-electron chi connectivity index (χ2n) is 5.19. The first-order valence-electron chi connectivity index (χ1n) is 6.93. The zero-order valence-electron chi connectivity index (χ0n) is 12.2. The predicted molar refractivity (Wildman–Crippen MR) is 81.0 cm³/mol. The van der Waals surface area contributed by atoms with Gasteiger partial charge in [0, 0.05) is 12.1 Å². The van der Waals surface area contributed by atoms with Gasteiger partial charge in [0.25, 0.3) is 5.69 Å². The second kappa shape index (κ2) is 5.35. The second-order valence-corrected chi connectivity index (χ2v) is 5.19. The average molecular weight is 316 g/mol. The standard InChI is InChI=1S/C16H13FN2O4/c1-11(12-5-4-6-13(9-12)19(21)22)18-14-7-2-3-8-15(14)23-16(18,17)10-20/h2-11H,1H3. The van der Waals surface area contributed by atoms with E-state index in [9.17, 15) is 19.3 Å². The monoisotopic (exact) mass is 316 g/mol. The van der Waals surface area contributed by atoms with Crippen molar-refractivity contribution in [3.63, 3.8) is 0 Å². The normalized spacial score (nSPS) is 20.5. The molecule has 0 N–H and O–H groups in total. The van der Waals surface area contributed by atoms with E-state index in [0.717, 1.165) is 0 Å². The van der Waals surface area contributed by atoms with Crippen LogP contribution in [-0.2, 0) is 4.79 Å². The Morgan fingerprint density at radius 2 is 2.04 bits per heavy atom. The fourth-order valence-corrected chi connectivity index (χ4v) is 2.71. The molecule has 0 aromatic heterocycles. The lowest BCUT2D eigenvalue weighted by Crippen LogP contribution is -2.48. The molecule has 2 atom stereocenters. The number of carbonyl (C=O) groups is 1. The molecule has 118 valence electrons. The first-order chi connectivity index (χ1) is 11.0. The lowest BCUT2D eigenvalue weighted by molar-refractivity contribution is -0.384. The number of nitro groups is 1. The first-order valence-corrected chi connectivity index (χ1v) is 6.93. The molecule has 2 aromatic carbocycles. The van der Waals surface area contributed by atoms with Crippen molar-refractivity contribution >= 4 is 17.7 Å². The molecule has 1 heterocycles. The van der Waals surface area contributed by atoms with E-state index in [2.05, 4.69) is 0 Å². The Labute approximate surface area is 131 Å². The van der Waals surface area contributed by atoms with Crippen LogP contribution in [0.25, 0.3) is 0 Å². The quantitative estimate of drug-likeness (QED) is 0.374. The van der Waals surface area contributed by atoms with Gasteiger partial charge in [0.1, 0.15) is 5.75 Å². The number of para-hydroxylation sites is 2. The molecule has 0 saturated heterocycles. The molecular weight excluding hydrogens is 303 g/mol. The van der Waals surface area contributed by atoms with Crippen LogP contribution in [0.2, 0.25) is 0 Å². The van der Waals surface area contributed by atoms with E-state index in [1.165, 1.54) is 23.1 Å². The summed E-state index contributed by atoms with van der Waals surface area (Å²) in [5.74, 6) is -2.40. The lowest BCUT2D eigenvalue weighted by Gasteiger charge is -2.32. The summed E-state index contributed by atoms with van der Waals surface area (Å²) in [6.07, 6.45) is 0.0842. The number of non-ortho nitro benzene ring substituents is 1. The minimum absolute atomic E-state index is 0.0842. The summed E-state index contributed by atoms with van der Waals surface area (Å²) < 4.78 is 20.0. The van der Waals surface area contributed by atoms with Gasteiger partial charge in [-0.2, -0.15) is 4.39 Å². The van der Waals surface area contributed by atoms with E-state index in [4.69, 9.17) is 4.74 Å². The largest absolute Gasteiger partial charge is 0.433 e. The zero-order valence-corrected chi connectivity index (χ0v) is 12.2.